The van der Waals surface area contributed by atoms with Gasteiger partial charge in [0, 0.05) is 0 Å². The number of hydrogen-bond donors (Lipinski definition) is 1. The summed E-state index contributed by atoms with van der Waals surface area (Å²) in [5, 5.41) is 0. The molecular weight excluding hydrogens is 265 g/mol. The Morgan fingerprint density at radius 1 is 1.10 bits per heavy atom. The fourth-order valence-electron chi connectivity index (χ4n) is 2.36. The number of ether oxygens (including phenoxy) is 1. The average molecular weight is 287 g/mol. The maximum atomic E-state index is 13.8. The van der Waals surface area contributed by atoms with Gasteiger partial charge < -0.3 is 10.5 Å². The molecule has 3 heteroatoms. The molecule has 2 rings (SSSR count). The van der Waals surface area contributed by atoms with E-state index in [1.54, 1.807) is 6.07 Å². The van der Waals surface area contributed by atoms with Gasteiger partial charge in [0.15, 0.2) is 0 Å². The molecule has 2 aromatic carbocycles. The van der Waals surface area contributed by atoms with E-state index in [1.807, 2.05) is 43.3 Å². The van der Waals surface area contributed by atoms with Crippen LogP contribution in [0.15, 0.2) is 48.5 Å². The highest BCUT2D eigenvalue weighted by Crippen LogP contribution is 2.23. The molecule has 0 spiro atoms. The lowest BCUT2D eigenvalue weighted by Gasteiger charge is -2.16. The predicted octanol–water partition coefficient (Wildman–Crippen LogP) is 4.04. The first-order valence-corrected chi connectivity index (χ1v) is 7.34. The van der Waals surface area contributed by atoms with Crippen molar-refractivity contribution in [3.05, 3.63) is 65.5 Å². The van der Waals surface area contributed by atoms with Crippen molar-refractivity contribution in [2.45, 2.75) is 25.7 Å². The van der Waals surface area contributed by atoms with Gasteiger partial charge in [-0.1, -0.05) is 35.9 Å². The van der Waals surface area contributed by atoms with E-state index in [2.05, 4.69) is 0 Å². The summed E-state index contributed by atoms with van der Waals surface area (Å²) in [6.45, 7) is 3.11. The molecule has 0 amide bonds. The minimum atomic E-state index is -0.174. The van der Waals surface area contributed by atoms with E-state index in [0.29, 0.717) is 18.7 Å². The van der Waals surface area contributed by atoms with Crippen LogP contribution in [-0.4, -0.2) is 13.2 Å². The van der Waals surface area contributed by atoms with Crippen molar-refractivity contribution in [3.8, 4) is 5.75 Å². The SMILES string of the molecule is Cc1ccc(OCCCC(CN)c2ccccc2F)cc1. The second-order valence-electron chi connectivity index (χ2n) is 5.26. The van der Waals surface area contributed by atoms with Crippen LogP contribution >= 0.6 is 0 Å². The number of aryl methyl sites for hydroxylation is 1. The maximum Gasteiger partial charge on any atom is 0.126 e. The average Bonchev–Trinajstić information content (AvgIpc) is 2.50. The monoisotopic (exact) mass is 287 g/mol. The van der Waals surface area contributed by atoms with Gasteiger partial charge in [-0.25, -0.2) is 4.39 Å². The fraction of sp³-hybridized carbons (Fsp3) is 0.333. The van der Waals surface area contributed by atoms with Gasteiger partial charge in [0.1, 0.15) is 11.6 Å². The summed E-state index contributed by atoms with van der Waals surface area (Å²) < 4.78 is 19.4. The first-order chi connectivity index (χ1) is 10.2. The van der Waals surface area contributed by atoms with Crippen LogP contribution in [0.2, 0.25) is 0 Å². The van der Waals surface area contributed by atoms with Gasteiger partial charge in [0.2, 0.25) is 0 Å². The molecule has 2 nitrogen and oxygen atoms in total. The molecule has 2 N–H and O–H groups in total. The van der Waals surface area contributed by atoms with Gasteiger partial charge in [-0.05, 0) is 56.0 Å². The second kappa shape index (κ2) is 7.79. The highest BCUT2D eigenvalue weighted by Gasteiger charge is 2.13. The highest BCUT2D eigenvalue weighted by molar-refractivity contribution is 5.26. The lowest BCUT2D eigenvalue weighted by molar-refractivity contribution is 0.301. The van der Waals surface area contributed by atoms with Gasteiger partial charge in [0.05, 0.1) is 6.61 Å². The fourth-order valence-corrected chi connectivity index (χ4v) is 2.36. The Bertz CT molecular complexity index is 553. The van der Waals surface area contributed by atoms with Crippen LogP contribution in [0.4, 0.5) is 4.39 Å². The lowest BCUT2D eigenvalue weighted by atomic mass is 9.94. The third-order valence-electron chi connectivity index (χ3n) is 3.62. The third kappa shape index (κ3) is 4.57. The zero-order valence-electron chi connectivity index (χ0n) is 12.4. The largest absolute Gasteiger partial charge is 0.494 e. The molecule has 0 aliphatic carbocycles. The molecule has 0 heterocycles. The molecule has 0 aliphatic rings. The van der Waals surface area contributed by atoms with Crippen LogP contribution in [0.5, 0.6) is 5.75 Å². The van der Waals surface area contributed by atoms with Crippen LogP contribution < -0.4 is 10.5 Å². The molecule has 2 aromatic rings. The number of benzene rings is 2. The normalized spacial score (nSPS) is 12.1. The summed E-state index contributed by atoms with van der Waals surface area (Å²) in [5.74, 6) is 0.746. The van der Waals surface area contributed by atoms with E-state index in [9.17, 15) is 4.39 Å². The molecular formula is C18H22FNO. The molecule has 1 unspecified atom stereocenters. The number of hydrogen-bond acceptors (Lipinski definition) is 2. The summed E-state index contributed by atoms with van der Waals surface area (Å²) in [6, 6.07) is 14.8. The summed E-state index contributed by atoms with van der Waals surface area (Å²) >= 11 is 0. The van der Waals surface area contributed by atoms with Crippen molar-refractivity contribution < 1.29 is 9.13 Å². The van der Waals surface area contributed by atoms with Crippen LogP contribution in [0, 0.1) is 12.7 Å². The Morgan fingerprint density at radius 2 is 1.81 bits per heavy atom. The lowest BCUT2D eigenvalue weighted by Crippen LogP contribution is -2.15. The summed E-state index contributed by atoms with van der Waals surface area (Å²) in [7, 11) is 0. The van der Waals surface area contributed by atoms with Crippen LogP contribution in [0.3, 0.4) is 0 Å². The molecule has 0 bridgehead atoms. The van der Waals surface area contributed by atoms with E-state index >= 15 is 0 Å². The van der Waals surface area contributed by atoms with Crippen molar-refractivity contribution in [1.82, 2.24) is 0 Å². The van der Waals surface area contributed by atoms with Crippen LogP contribution in [0.25, 0.3) is 0 Å². The Kier molecular flexibility index (Phi) is 5.76. The van der Waals surface area contributed by atoms with Crippen molar-refractivity contribution >= 4 is 0 Å². The Balaban J connectivity index is 1.81. The van der Waals surface area contributed by atoms with Crippen molar-refractivity contribution in [2.75, 3.05) is 13.2 Å². The maximum absolute atomic E-state index is 13.8. The van der Waals surface area contributed by atoms with E-state index < -0.39 is 0 Å². The van der Waals surface area contributed by atoms with Gasteiger partial charge in [-0.3, -0.25) is 0 Å². The van der Waals surface area contributed by atoms with Crippen LogP contribution in [-0.2, 0) is 0 Å². The Hall–Kier alpha value is -1.87. The molecule has 0 aliphatic heterocycles. The first kappa shape index (κ1) is 15.5. The number of halogens is 1. The van der Waals surface area contributed by atoms with Crippen molar-refractivity contribution in [3.63, 3.8) is 0 Å². The summed E-state index contributed by atoms with van der Waals surface area (Å²) in [4.78, 5) is 0. The molecule has 21 heavy (non-hydrogen) atoms. The standard InChI is InChI=1S/C18H22FNO/c1-14-8-10-16(11-9-14)21-12-4-5-15(13-20)17-6-2-3-7-18(17)19/h2-3,6-11,15H,4-5,12-13,20H2,1H3. The van der Waals surface area contributed by atoms with E-state index in [4.69, 9.17) is 10.5 Å². The van der Waals surface area contributed by atoms with Crippen molar-refractivity contribution in [1.29, 1.82) is 0 Å². The zero-order chi connectivity index (χ0) is 15.1. The Morgan fingerprint density at radius 3 is 2.48 bits per heavy atom. The van der Waals surface area contributed by atoms with Gasteiger partial charge in [-0.15, -0.1) is 0 Å². The van der Waals surface area contributed by atoms with Crippen molar-refractivity contribution in [2.24, 2.45) is 5.73 Å². The van der Waals surface area contributed by atoms with E-state index in [0.717, 1.165) is 18.6 Å². The van der Waals surface area contributed by atoms with Gasteiger partial charge in [-0.2, -0.15) is 0 Å². The molecule has 1 atom stereocenters. The predicted molar refractivity (Wildman–Crippen MR) is 84.1 cm³/mol. The Labute approximate surface area is 125 Å². The molecule has 0 fully saturated rings. The highest BCUT2D eigenvalue weighted by atomic mass is 19.1. The molecule has 0 saturated heterocycles. The molecule has 0 radical (unpaired) electrons. The summed E-state index contributed by atoms with van der Waals surface area (Å²) in [5.41, 5.74) is 7.69. The van der Waals surface area contributed by atoms with Gasteiger partial charge in [0.25, 0.3) is 0 Å². The van der Waals surface area contributed by atoms with Crippen LogP contribution in [0.1, 0.15) is 29.9 Å². The van der Waals surface area contributed by atoms with Gasteiger partial charge >= 0.3 is 0 Å². The molecule has 0 aromatic heterocycles. The third-order valence-corrected chi connectivity index (χ3v) is 3.62. The smallest absolute Gasteiger partial charge is 0.126 e. The first-order valence-electron chi connectivity index (χ1n) is 7.34. The number of rotatable bonds is 7. The van der Waals surface area contributed by atoms with E-state index in [-0.39, 0.29) is 11.7 Å². The zero-order valence-corrected chi connectivity index (χ0v) is 12.4. The molecule has 0 saturated carbocycles. The summed E-state index contributed by atoms with van der Waals surface area (Å²) in [6.07, 6.45) is 1.67. The van der Waals surface area contributed by atoms with E-state index in [1.165, 1.54) is 11.6 Å². The minimum Gasteiger partial charge on any atom is -0.494 e. The number of nitrogens with two attached hydrogens (primary N) is 1. The molecule has 112 valence electrons. The topological polar surface area (TPSA) is 35.2 Å². The minimum absolute atomic E-state index is 0.0489. The quantitative estimate of drug-likeness (QED) is 0.780. The second-order valence-corrected chi connectivity index (χ2v) is 5.26.